The zero-order valence-electron chi connectivity index (χ0n) is 14.2. The Hall–Kier alpha value is -1.47. The number of carbonyl (C=O) groups is 1. The second kappa shape index (κ2) is 7.40. The van der Waals surface area contributed by atoms with E-state index in [-0.39, 0.29) is 5.91 Å². The first-order chi connectivity index (χ1) is 11.2. The molecule has 7 heteroatoms. The van der Waals surface area contributed by atoms with Crippen molar-refractivity contribution in [2.24, 2.45) is 0 Å². The molecule has 1 unspecified atom stereocenters. The molecule has 1 atom stereocenters. The largest absolute Gasteiger partial charge is 0.349 e. The second-order valence-corrected chi connectivity index (χ2v) is 6.58. The third-order valence-corrected chi connectivity index (χ3v) is 5.20. The van der Waals surface area contributed by atoms with Crippen LogP contribution in [-0.2, 0) is 0 Å². The third-order valence-electron chi connectivity index (χ3n) is 5.20. The minimum absolute atomic E-state index is 0.0920. The Kier molecular flexibility index (Phi) is 5.27. The predicted molar refractivity (Wildman–Crippen MR) is 88.5 cm³/mol. The van der Waals surface area contributed by atoms with Crippen LogP contribution in [0, 0.1) is 6.92 Å². The van der Waals surface area contributed by atoms with Crippen LogP contribution in [0.3, 0.4) is 0 Å². The van der Waals surface area contributed by atoms with Gasteiger partial charge < -0.3 is 10.6 Å². The average Bonchev–Trinajstić information content (AvgIpc) is 3.19. The van der Waals surface area contributed by atoms with Crippen LogP contribution in [0.25, 0.3) is 0 Å². The predicted octanol–water partition coefficient (Wildman–Crippen LogP) is 0.725. The number of nitrogens with zero attached hydrogens (tertiary/aromatic N) is 4. The van der Waals surface area contributed by atoms with Gasteiger partial charge in [0, 0.05) is 12.6 Å². The second-order valence-electron chi connectivity index (χ2n) is 6.58. The highest BCUT2D eigenvalue weighted by atomic mass is 16.2. The van der Waals surface area contributed by atoms with Crippen LogP contribution < -0.4 is 10.6 Å². The molecule has 0 aliphatic carbocycles. The highest BCUT2D eigenvalue weighted by Gasteiger charge is 2.26. The lowest BCUT2D eigenvalue weighted by Crippen LogP contribution is -2.40. The van der Waals surface area contributed by atoms with Crippen LogP contribution in [0.1, 0.15) is 54.8 Å². The Bertz CT molecular complexity index is 537. The van der Waals surface area contributed by atoms with E-state index >= 15 is 0 Å². The number of piperidine rings is 1. The first kappa shape index (κ1) is 16.4. The van der Waals surface area contributed by atoms with Gasteiger partial charge in [0.05, 0.1) is 11.7 Å². The summed E-state index contributed by atoms with van der Waals surface area (Å²) in [5.74, 6) is -0.0920. The summed E-state index contributed by atoms with van der Waals surface area (Å²) in [6.07, 6.45) is 4.46. The van der Waals surface area contributed by atoms with Gasteiger partial charge in [0.1, 0.15) is 0 Å². The maximum atomic E-state index is 12.5. The molecule has 3 rings (SSSR count). The van der Waals surface area contributed by atoms with Gasteiger partial charge in [0.2, 0.25) is 0 Å². The lowest BCUT2D eigenvalue weighted by Gasteiger charge is -2.23. The summed E-state index contributed by atoms with van der Waals surface area (Å²) >= 11 is 0. The van der Waals surface area contributed by atoms with Gasteiger partial charge in [-0.15, -0.1) is 5.10 Å². The van der Waals surface area contributed by atoms with Crippen molar-refractivity contribution in [3.05, 3.63) is 11.4 Å². The van der Waals surface area contributed by atoms with E-state index in [1.54, 1.807) is 0 Å². The van der Waals surface area contributed by atoms with Gasteiger partial charge >= 0.3 is 0 Å². The molecule has 1 aromatic heterocycles. The van der Waals surface area contributed by atoms with Crippen molar-refractivity contribution in [2.45, 2.75) is 51.6 Å². The molecule has 2 fully saturated rings. The van der Waals surface area contributed by atoms with E-state index in [2.05, 4.69) is 32.8 Å². The van der Waals surface area contributed by atoms with Crippen LogP contribution in [0.2, 0.25) is 0 Å². The zero-order chi connectivity index (χ0) is 16.2. The van der Waals surface area contributed by atoms with E-state index < -0.39 is 0 Å². The first-order valence-corrected chi connectivity index (χ1v) is 8.85. The van der Waals surface area contributed by atoms with Crippen LogP contribution in [0.15, 0.2) is 0 Å². The molecule has 2 aliphatic heterocycles. The Morgan fingerprint density at radius 2 is 2.13 bits per heavy atom. The normalized spacial score (nSPS) is 23.3. The fourth-order valence-corrected chi connectivity index (χ4v) is 3.79. The summed E-state index contributed by atoms with van der Waals surface area (Å²) in [7, 11) is 0. The molecule has 1 amide bonds. The third kappa shape index (κ3) is 3.55. The summed E-state index contributed by atoms with van der Waals surface area (Å²) in [5.41, 5.74) is 1.36. The smallest absolute Gasteiger partial charge is 0.273 e. The number of aromatic nitrogens is 3. The van der Waals surface area contributed by atoms with Crippen molar-refractivity contribution in [3.63, 3.8) is 0 Å². The number of carbonyl (C=O) groups excluding carboxylic acids is 1. The highest BCUT2D eigenvalue weighted by Crippen LogP contribution is 2.20. The molecule has 2 aliphatic rings. The number of nitrogens with one attached hydrogen (secondary N) is 2. The lowest BCUT2D eigenvalue weighted by atomic mass is 10.1. The molecule has 0 saturated carbocycles. The van der Waals surface area contributed by atoms with Crippen molar-refractivity contribution in [2.75, 3.05) is 32.7 Å². The van der Waals surface area contributed by atoms with Gasteiger partial charge in [-0.05, 0) is 58.8 Å². The topological polar surface area (TPSA) is 75.1 Å². The standard InChI is InChI=1S/C16H28N6O/c1-3-21-10-4-5-14(21)11-18-16(23)15-12(2)22(20-19-15)13-6-8-17-9-7-13/h13-14,17H,3-11H2,1-2H3,(H,18,23). The molecule has 1 aromatic rings. The maximum Gasteiger partial charge on any atom is 0.273 e. The highest BCUT2D eigenvalue weighted by molar-refractivity contribution is 5.93. The van der Waals surface area contributed by atoms with Gasteiger partial charge in [0.15, 0.2) is 5.69 Å². The molecule has 0 radical (unpaired) electrons. The molecule has 0 spiro atoms. The van der Waals surface area contributed by atoms with Gasteiger partial charge in [-0.1, -0.05) is 12.1 Å². The number of hydrogen-bond acceptors (Lipinski definition) is 5. The molecule has 2 N–H and O–H groups in total. The lowest BCUT2D eigenvalue weighted by molar-refractivity contribution is 0.0935. The van der Waals surface area contributed by atoms with E-state index in [1.165, 1.54) is 6.42 Å². The van der Waals surface area contributed by atoms with E-state index in [1.807, 2.05) is 11.6 Å². The summed E-state index contributed by atoms with van der Waals surface area (Å²) in [6.45, 7) is 9.01. The Morgan fingerprint density at radius 1 is 1.35 bits per heavy atom. The van der Waals surface area contributed by atoms with E-state index in [0.717, 1.165) is 51.1 Å². The summed E-state index contributed by atoms with van der Waals surface area (Å²) in [4.78, 5) is 14.9. The van der Waals surface area contributed by atoms with Crippen LogP contribution in [0.4, 0.5) is 0 Å². The van der Waals surface area contributed by atoms with E-state index in [0.29, 0.717) is 24.3 Å². The molecular weight excluding hydrogens is 292 g/mol. The Balaban J connectivity index is 1.60. The van der Waals surface area contributed by atoms with Crippen LogP contribution in [0.5, 0.6) is 0 Å². The number of hydrogen-bond donors (Lipinski definition) is 2. The SMILES string of the molecule is CCN1CCCC1CNC(=O)c1nnn(C2CCNCC2)c1C. The molecule has 2 saturated heterocycles. The van der Waals surface area contributed by atoms with Crippen molar-refractivity contribution >= 4 is 5.91 Å². The van der Waals surface area contributed by atoms with Crippen LogP contribution in [-0.4, -0.2) is 64.6 Å². The molecule has 3 heterocycles. The van der Waals surface area contributed by atoms with Crippen LogP contribution >= 0.6 is 0 Å². The number of rotatable bonds is 5. The fraction of sp³-hybridized carbons (Fsp3) is 0.812. The maximum absolute atomic E-state index is 12.5. The minimum Gasteiger partial charge on any atom is -0.349 e. The number of amides is 1. The zero-order valence-corrected chi connectivity index (χ0v) is 14.2. The average molecular weight is 320 g/mol. The van der Waals surface area contributed by atoms with Gasteiger partial charge in [-0.3, -0.25) is 9.69 Å². The summed E-state index contributed by atoms with van der Waals surface area (Å²) < 4.78 is 1.93. The first-order valence-electron chi connectivity index (χ1n) is 8.85. The molecule has 7 nitrogen and oxygen atoms in total. The minimum atomic E-state index is -0.0920. The number of likely N-dealkylation sites (N-methyl/N-ethyl adjacent to an activating group) is 1. The Labute approximate surface area is 137 Å². The molecule has 0 aromatic carbocycles. The molecule has 128 valence electrons. The van der Waals surface area contributed by atoms with E-state index in [9.17, 15) is 4.79 Å². The van der Waals surface area contributed by atoms with Gasteiger partial charge in [-0.25, -0.2) is 4.68 Å². The van der Waals surface area contributed by atoms with Gasteiger partial charge in [-0.2, -0.15) is 0 Å². The van der Waals surface area contributed by atoms with Gasteiger partial charge in [0.25, 0.3) is 5.91 Å². The molecule has 23 heavy (non-hydrogen) atoms. The van der Waals surface area contributed by atoms with Crippen molar-refractivity contribution in [1.82, 2.24) is 30.5 Å². The molecular formula is C16H28N6O. The summed E-state index contributed by atoms with van der Waals surface area (Å²) in [6, 6.07) is 0.819. The van der Waals surface area contributed by atoms with Crippen molar-refractivity contribution < 1.29 is 4.79 Å². The molecule has 0 bridgehead atoms. The monoisotopic (exact) mass is 320 g/mol. The quantitative estimate of drug-likeness (QED) is 0.836. The summed E-state index contributed by atoms with van der Waals surface area (Å²) in [5, 5.41) is 14.8. The number of likely N-dealkylation sites (tertiary alicyclic amines) is 1. The Morgan fingerprint density at radius 3 is 2.87 bits per heavy atom. The van der Waals surface area contributed by atoms with E-state index in [4.69, 9.17) is 0 Å². The van der Waals surface area contributed by atoms with Crippen molar-refractivity contribution in [1.29, 1.82) is 0 Å². The van der Waals surface area contributed by atoms with Crippen molar-refractivity contribution in [3.8, 4) is 0 Å². The fourth-order valence-electron chi connectivity index (χ4n) is 3.79.